The van der Waals surface area contributed by atoms with Gasteiger partial charge in [0.2, 0.25) is 0 Å². The first-order valence-corrected chi connectivity index (χ1v) is 10.3. The third kappa shape index (κ3) is 5.62. The van der Waals surface area contributed by atoms with Crippen molar-refractivity contribution >= 4 is 22.8 Å². The van der Waals surface area contributed by atoms with Gasteiger partial charge in [-0.25, -0.2) is 0 Å². The number of piperidine rings is 1. The summed E-state index contributed by atoms with van der Waals surface area (Å²) in [5, 5.41) is 2.56. The number of benzene rings is 1. The number of allylic oxidation sites excluding steroid dienone is 1. The van der Waals surface area contributed by atoms with E-state index in [4.69, 9.17) is 0 Å². The molecule has 0 bridgehead atoms. The quantitative estimate of drug-likeness (QED) is 0.582. The van der Waals surface area contributed by atoms with E-state index in [0.29, 0.717) is 37.8 Å². The summed E-state index contributed by atoms with van der Waals surface area (Å²) in [6.45, 7) is 2.87. The summed E-state index contributed by atoms with van der Waals surface area (Å²) in [7, 11) is 1.67. The molecule has 3 rings (SSSR count). The number of alkyl halides is 6. The van der Waals surface area contributed by atoms with Crippen LogP contribution in [0.2, 0.25) is 0 Å². The van der Waals surface area contributed by atoms with Crippen LogP contribution in [0.15, 0.2) is 34.2 Å². The van der Waals surface area contributed by atoms with Crippen molar-refractivity contribution in [2.45, 2.75) is 38.7 Å². The largest absolute Gasteiger partial charge is 0.416 e. The number of hydrogen-bond acceptors (Lipinski definition) is 4. The number of hydrogen-bond donors (Lipinski definition) is 1. The third-order valence-electron chi connectivity index (χ3n) is 5.48. The van der Waals surface area contributed by atoms with E-state index in [1.807, 2.05) is 13.0 Å². The SMILES string of the molecule is CNC1=NC(=O)SC1=CC1(C)CCN(Cc2ccc(C(F)(F)F)cc2C(F)(F)F)CC1. The predicted molar refractivity (Wildman–Crippen MR) is 107 cm³/mol. The summed E-state index contributed by atoms with van der Waals surface area (Å²) in [6, 6.07) is 1.79. The van der Waals surface area contributed by atoms with E-state index in [0.717, 1.165) is 22.7 Å². The number of likely N-dealkylation sites (tertiary alicyclic amines) is 1. The van der Waals surface area contributed by atoms with E-state index in [9.17, 15) is 31.1 Å². The van der Waals surface area contributed by atoms with Crippen molar-refractivity contribution in [1.29, 1.82) is 0 Å². The zero-order valence-electron chi connectivity index (χ0n) is 16.8. The van der Waals surface area contributed by atoms with Gasteiger partial charge in [0.15, 0.2) is 0 Å². The minimum atomic E-state index is -4.87. The number of carbonyl (C=O) groups is 1. The number of amidine groups is 1. The monoisotopic (exact) mass is 465 g/mol. The van der Waals surface area contributed by atoms with Crippen molar-refractivity contribution in [3.8, 4) is 0 Å². The minimum Gasteiger partial charge on any atom is -0.372 e. The van der Waals surface area contributed by atoms with Crippen LogP contribution in [-0.4, -0.2) is 36.1 Å². The number of rotatable bonds is 3. The molecule has 1 aromatic carbocycles. The van der Waals surface area contributed by atoms with Crippen LogP contribution in [0, 0.1) is 5.41 Å². The second kappa shape index (κ2) is 8.50. The summed E-state index contributed by atoms with van der Waals surface area (Å²) >= 11 is 1.03. The highest BCUT2D eigenvalue weighted by atomic mass is 32.2. The molecule has 0 aromatic heterocycles. The van der Waals surface area contributed by atoms with Crippen LogP contribution in [0.4, 0.5) is 31.1 Å². The number of amides is 1. The lowest BCUT2D eigenvalue weighted by molar-refractivity contribution is -0.143. The molecule has 11 heteroatoms. The lowest BCUT2D eigenvalue weighted by atomic mass is 9.80. The minimum absolute atomic E-state index is 0.0872. The van der Waals surface area contributed by atoms with E-state index in [-0.39, 0.29) is 28.8 Å². The Morgan fingerprint density at radius 3 is 2.35 bits per heavy atom. The van der Waals surface area contributed by atoms with Crippen LogP contribution in [0.25, 0.3) is 0 Å². The smallest absolute Gasteiger partial charge is 0.372 e. The maximum atomic E-state index is 13.4. The Kier molecular flexibility index (Phi) is 6.48. The Hall–Kier alpha value is -2.01. The van der Waals surface area contributed by atoms with Crippen molar-refractivity contribution in [3.63, 3.8) is 0 Å². The Morgan fingerprint density at radius 2 is 1.81 bits per heavy atom. The van der Waals surface area contributed by atoms with Crippen molar-refractivity contribution in [3.05, 3.63) is 45.9 Å². The van der Waals surface area contributed by atoms with Crippen LogP contribution in [0.3, 0.4) is 0 Å². The average molecular weight is 465 g/mol. The molecule has 1 aromatic rings. The normalized spacial score (nSPS) is 21.5. The van der Waals surface area contributed by atoms with Gasteiger partial charge in [-0.3, -0.25) is 9.69 Å². The van der Waals surface area contributed by atoms with Crippen LogP contribution >= 0.6 is 11.8 Å². The highest BCUT2D eigenvalue weighted by Gasteiger charge is 2.39. The maximum Gasteiger partial charge on any atom is 0.416 e. The molecule has 0 radical (unpaired) electrons. The number of aliphatic imine (C=N–C) groups is 1. The Bertz CT molecular complexity index is 914. The van der Waals surface area contributed by atoms with E-state index >= 15 is 0 Å². The average Bonchev–Trinajstić information content (AvgIpc) is 3.01. The van der Waals surface area contributed by atoms with Gasteiger partial charge in [0.05, 0.1) is 16.0 Å². The third-order valence-corrected chi connectivity index (χ3v) is 6.28. The fraction of sp³-hybridized carbons (Fsp3) is 0.500. The fourth-order valence-electron chi connectivity index (χ4n) is 3.67. The molecular formula is C20H21F6N3OS. The Balaban J connectivity index is 1.73. The zero-order chi connectivity index (χ0) is 23.0. The highest BCUT2D eigenvalue weighted by Crippen LogP contribution is 2.40. The molecular weight excluding hydrogens is 444 g/mol. The van der Waals surface area contributed by atoms with Gasteiger partial charge in [-0.15, -0.1) is 0 Å². The van der Waals surface area contributed by atoms with Crippen LogP contribution in [-0.2, 0) is 18.9 Å². The standard InChI is InChI=1S/C20H21F6N3OS/c1-18(10-15-16(27-2)28-17(30)31-15)5-7-29(8-6-18)11-12-3-4-13(19(21,22)23)9-14(12)20(24,25)26/h3-4,9-10H,5-8,11H2,1-2H3,(H,27,28,30). The van der Waals surface area contributed by atoms with E-state index in [1.54, 1.807) is 11.9 Å². The van der Waals surface area contributed by atoms with E-state index < -0.39 is 23.5 Å². The molecule has 4 nitrogen and oxygen atoms in total. The molecule has 0 aliphatic carbocycles. The summed E-state index contributed by atoms with van der Waals surface area (Å²) in [6.07, 6.45) is -6.49. The Labute approximate surface area is 179 Å². The van der Waals surface area contributed by atoms with Gasteiger partial charge in [-0.1, -0.05) is 19.1 Å². The van der Waals surface area contributed by atoms with E-state index in [2.05, 4.69) is 10.3 Å². The van der Waals surface area contributed by atoms with Gasteiger partial charge in [0, 0.05) is 13.6 Å². The fourth-order valence-corrected chi connectivity index (χ4v) is 4.58. The van der Waals surface area contributed by atoms with Crippen molar-refractivity contribution in [1.82, 2.24) is 10.2 Å². The molecule has 0 unspecified atom stereocenters. The van der Waals surface area contributed by atoms with Gasteiger partial charge in [-0.2, -0.15) is 31.3 Å². The van der Waals surface area contributed by atoms with Gasteiger partial charge < -0.3 is 5.32 Å². The molecule has 1 N–H and O–H groups in total. The zero-order valence-corrected chi connectivity index (χ0v) is 17.6. The van der Waals surface area contributed by atoms with Crippen molar-refractivity contribution in [2.75, 3.05) is 20.1 Å². The molecule has 1 fully saturated rings. The first kappa shape index (κ1) is 23.6. The summed E-state index contributed by atoms with van der Waals surface area (Å²) in [4.78, 5) is 18.0. The summed E-state index contributed by atoms with van der Waals surface area (Å²) in [5.74, 6) is 0.498. The molecule has 0 spiro atoms. The topological polar surface area (TPSA) is 44.7 Å². The second-order valence-electron chi connectivity index (χ2n) is 7.88. The number of likely N-dealkylation sites (N-methyl/N-ethyl adjacent to an activating group) is 1. The summed E-state index contributed by atoms with van der Waals surface area (Å²) < 4.78 is 78.7. The number of nitrogens with zero attached hydrogens (tertiary/aromatic N) is 2. The van der Waals surface area contributed by atoms with Gasteiger partial charge in [-0.05, 0) is 60.8 Å². The predicted octanol–water partition coefficient (Wildman–Crippen LogP) is 5.69. The first-order chi connectivity index (χ1) is 14.3. The van der Waals surface area contributed by atoms with Gasteiger partial charge in [0.1, 0.15) is 5.84 Å². The number of carbonyl (C=O) groups excluding carboxylic acids is 1. The van der Waals surface area contributed by atoms with Gasteiger partial charge >= 0.3 is 17.6 Å². The Morgan fingerprint density at radius 1 is 1.16 bits per heavy atom. The number of nitrogens with one attached hydrogen (secondary N) is 1. The summed E-state index contributed by atoms with van der Waals surface area (Å²) in [5.41, 5.74) is -3.02. The molecule has 2 heterocycles. The number of thioether (sulfide) groups is 1. The van der Waals surface area contributed by atoms with Gasteiger partial charge in [0.25, 0.3) is 0 Å². The molecule has 1 saturated heterocycles. The molecule has 2 aliphatic rings. The highest BCUT2D eigenvalue weighted by molar-refractivity contribution is 8.18. The lowest BCUT2D eigenvalue weighted by Gasteiger charge is -2.38. The first-order valence-electron chi connectivity index (χ1n) is 9.52. The molecule has 0 saturated carbocycles. The van der Waals surface area contributed by atoms with Crippen molar-refractivity contribution < 1.29 is 31.1 Å². The maximum absolute atomic E-state index is 13.4. The van der Waals surface area contributed by atoms with Crippen molar-refractivity contribution in [2.24, 2.45) is 10.4 Å². The second-order valence-corrected chi connectivity index (χ2v) is 8.88. The molecule has 31 heavy (non-hydrogen) atoms. The lowest BCUT2D eigenvalue weighted by Crippen LogP contribution is -2.38. The molecule has 0 atom stereocenters. The molecule has 2 aliphatic heterocycles. The van der Waals surface area contributed by atoms with Crippen LogP contribution < -0.4 is 5.32 Å². The number of halogens is 6. The molecule has 1 amide bonds. The van der Waals surface area contributed by atoms with Crippen LogP contribution in [0.1, 0.15) is 36.5 Å². The molecule has 170 valence electrons. The van der Waals surface area contributed by atoms with Crippen LogP contribution in [0.5, 0.6) is 0 Å². The van der Waals surface area contributed by atoms with E-state index in [1.165, 1.54) is 0 Å².